The van der Waals surface area contributed by atoms with Crippen LogP contribution in [0.15, 0.2) is 47.0 Å². The van der Waals surface area contributed by atoms with E-state index in [0.29, 0.717) is 23.2 Å². The van der Waals surface area contributed by atoms with Gasteiger partial charge in [0.15, 0.2) is 11.5 Å². The Labute approximate surface area is 213 Å². The van der Waals surface area contributed by atoms with Gasteiger partial charge in [0.2, 0.25) is 17.6 Å². The van der Waals surface area contributed by atoms with Crippen LogP contribution in [0.1, 0.15) is 44.6 Å². The highest BCUT2D eigenvalue weighted by Crippen LogP contribution is 2.31. The van der Waals surface area contributed by atoms with E-state index in [-0.39, 0.29) is 24.4 Å². The van der Waals surface area contributed by atoms with E-state index in [4.69, 9.17) is 14.0 Å². The van der Waals surface area contributed by atoms with Crippen molar-refractivity contribution in [3.05, 3.63) is 53.9 Å². The summed E-state index contributed by atoms with van der Waals surface area (Å²) in [5.41, 5.74) is 3.16. The molecule has 0 spiro atoms. The molecular weight excluding hydrogens is 456 g/mol. The van der Waals surface area contributed by atoms with Gasteiger partial charge in [-0.3, -0.25) is 4.79 Å². The van der Waals surface area contributed by atoms with Crippen LogP contribution in [-0.4, -0.2) is 54.3 Å². The van der Waals surface area contributed by atoms with E-state index < -0.39 is 0 Å². The van der Waals surface area contributed by atoms with Crippen LogP contribution in [0.5, 0.6) is 11.5 Å². The molecule has 0 saturated carbocycles. The van der Waals surface area contributed by atoms with Crippen molar-refractivity contribution in [2.24, 2.45) is 5.92 Å². The summed E-state index contributed by atoms with van der Waals surface area (Å²) in [7, 11) is 3.18. The second-order valence-corrected chi connectivity index (χ2v) is 9.43. The molecule has 1 aliphatic heterocycles. The smallest absolute Gasteiger partial charge is 0.246 e. The van der Waals surface area contributed by atoms with Gasteiger partial charge in [0, 0.05) is 30.4 Å². The molecule has 0 unspecified atom stereocenters. The number of aryl methyl sites for hydroxylation is 1. The van der Waals surface area contributed by atoms with Gasteiger partial charge in [0.1, 0.15) is 6.54 Å². The first-order valence-corrected chi connectivity index (χ1v) is 12.6. The van der Waals surface area contributed by atoms with E-state index in [1.54, 1.807) is 14.2 Å². The van der Waals surface area contributed by atoms with Crippen LogP contribution in [0, 0.1) is 12.8 Å². The summed E-state index contributed by atoms with van der Waals surface area (Å²) in [6.07, 6.45) is 2.72. The van der Waals surface area contributed by atoms with Crippen molar-refractivity contribution in [1.82, 2.24) is 15.0 Å². The predicted molar refractivity (Wildman–Crippen MR) is 139 cm³/mol. The number of carbonyl (C=O) groups excluding carboxylic acids is 1. The molecule has 1 fully saturated rings. The third-order valence-electron chi connectivity index (χ3n) is 6.99. The summed E-state index contributed by atoms with van der Waals surface area (Å²) in [6.45, 7) is 8.22. The molecule has 0 N–H and O–H groups in total. The minimum atomic E-state index is -0.0673. The molecule has 2 atom stereocenters. The van der Waals surface area contributed by atoms with Crippen LogP contribution in [0.4, 0.5) is 5.69 Å². The zero-order chi connectivity index (χ0) is 25.7. The number of hydrogen-bond acceptors (Lipinski definition) is 7. The first kappa shape index (κ1) is 25.5. The largest absolute Gasteiger partial charge is 0.493 e. The van der Waals surface area contributed by atoms with Crippen LogP contribution < -0.4 is 14.4 Å². The summed E-state index contributed by atoms with van der Waals surface area (Å²) >= 11 is 0. The van der Waals surface area contributed by atoms with Gasteiger partial charge in [-0.1, -0.05) is 29.8 Å². The molecule has 4 rings (SSSR count). The number of methoxy groups -OCH3 is 2. The van der Waals surface area contributed by atoms with Crippen molar-refractivity contribution in [3.8, 4) is 22.9 Å². The molecule has 192 valence electrons. The van der Waals surface area contributed by atoms with Crippen molar-refractivity contribution in [2.45, 2.75) is 52.6 Å². The molecule has 0 aliphatic carbocycles. The minimum Gasteiger partial charge on any atom is -0.493 e. The van der Waals surface area contributed by atoms with E-state index in [9.17, 15) is 4.79 Å². The second kappa shape index (κ2) is 11.5. The van der Waals surface area contributed by atoms with Gasteiger partial charge in [0.05, 0.1) is 20.1 Å². The molecule has 1 aliphatic rings. The molecule has 1 amide bonds. The Morgan fingerprint density at radius 1 is 1.17 bits per heavy atom. The van der Waals surface area contributed by atoms with Gasteiger partial charge in [-0.15, -0.1) is 0 Å². The lowest BCUT2D eigenvalue weighted by atomic mass is 9.95. The standard InChI is InChI=1S/C28H36N4O4/c1-6-20(3)32(28(33)22-8-7-15-31(17-22)23-12-9-19(2)10-13-23)18-26-29-27(30-36-26)21-11-14-24(34-4)25(16-21)35-5/h9-14,16,20,22H,6-8,15,17-18H2,1-5H3/t20-,22-/m1/s1. The molecule has 2 heterocycles. The third-order valence-corrected chi connectivity index (χ3v) is 6.99. The quantitative estimate of drug-likeness (QED) is 0.411. The zero-order valence-electron chi connectivity index (χ0n) is 21.9. The number of ether oxygens (including phenoxy) is 2. The molecule has 2 aromatic carbocycles. The average Bonchev–Trinajstić information content (AvgIpc) is 3.39. The Morgan fingerprint density at radius 2 is 1.92 bits per heavy atom. The fourth-order valence-electron chi connectivity index (χ4n) is 4.63. The monoisotopic (exact) mass is 492 g/mol. The number of nitrogens with zero attached hydrogens (tertiary/aromatic N) is 4. The highest BCUT2D eigenvalue weighted by Gasteiger charge is 2.32. The number of anilines is 1. The summed E-state index contributed by atoms with van der Waals surface area (Å²) in [5, 5.41) is 4.16. The topological polar surface area (TPSA) is 80.9 Å². The highest BCUT2D eigenvalue weighted by atomic mass is 16.5. The van der Waals surface area contributed by atoms with E-state index >= 15 is 0 Å². The number of amides is 1. The predicted octanol–water partition coefficient (Wildman–Crippen LogP) is 5.11. The van der Waals surface area contributed by atoms with Crippen LogP contribution in [0.2, 0.25) is 0 Å². The third kappa shape index (κ3) is 5.64. The number of piperidine rings is 1. The fraction of sp³-hybridized carbons (Fsp3) is 0.464. The zero-order valence-corrected chi connectivity index (χ0v) is 21.9. The van der Waals surface area contributed by atoms with Gasteiger partial charge >= 0.3 is 0 Å². The van der Waals surface area contributed by atoms with E-state index in [2.05, 4.69) is 60.1 Å². The van der Waals surface area contributed by atoms with Crippen molar-refractivity contribution in [3.63, 3.8) is 0 Å². The molecule has 36 heavy (non-hydrogen) atoms. The van der Waals surface area contributed by atoms with Crippen LogP contribution in [0.3, 0.4) is 0 Å². The van der Waals surface area contributed by atoms with Gasteiger partial charge in [-0.25, -0.2) is 0 Å². The number of carbonyl (C=O) groups is 1. The molecule has 1 aromatic heterocycles. The normalized spacial score (nSPS) is 16.5. The maximum atomic E-state index is 13.7. The van der Waals surface area contributed by atoms with Crippen LogP contribution in [-0.2, 0) is 11.3 Å². The molecular formula is C28H36N4O4. The molecule has 0 bridgehead atoms. The van der Waals surface area contributed by atoms with Crippen LogP contribution in [0.25, 0.3) is 11.4 Å². The lowest BCUT2D eigenvalue weighted by Crippen LogP contribution is -2.47. The number of rotatable bonds is 9. The van der Waals surface area contributed by atoms with E-state index in [1.807, 2.05) is 23.1 Å². The summed E-state index contributed by atoms with van der Waals surface area (Å²) in [4.78, 5) is 22.6. The van der Waals surface area contributed by atoms with Crippen molar-refractivity contribution in [2.75, 3.05) is 32.2 Å². The molecule has 0 radical (unpaired) electrons. The molecule has 3 aromatic rings. The minimum absolute atomic E-state index is 0.0590. The Kier molecular flexibility index (Phi) is 8.13. The summed E-state index contributed by atoms with van der Waals surface area (Å²) in [5.74, 6) is 2.17. The maximum absolute atomic E-state index is 13.7. The lowest BCUT2D eigenvalue weighted by molar-refractivity contribution is -0.139. The number of hydrogen-bond donors (Lipinski definition) is 0. The van der Waals surface area contributed by atoms with Crippen molar-refractivity contribution in [1.29, 1.82) is 0 Å². The fourth-order valence-corrected chi connectivity index (χ4v) is 4.63. The Bertz CT molecular complexity index is 1160. The van der Waals surface area contributed by atoms with Crippen molar-refractivity contribution < 1.29 is 18.8 Å². The molecule has 8 heteroatoms. The summed E-state index contributed by atoms with van der Waals surface area (Å²) < 4.78 is 16.3. The van der Waals surface area contributed by atoms with Crippen LogP contribution >= 0.6 is 0 Å². The number of benzene rings is 2. The Morgan fingerprint density at radius 3 is 2.61 bits per heavy atom. The maximum Gasteiger partial charge on any atom is 0.246 e. The molecule has 8 nitrogen and oxygen atoms in total. The molecule has 1 saturated heterocycles. The summed E-state index contributed by atoms with van der Waals surface area (Å²) in [6, 6.07) is 14.1. The highest BCUT2D eigenvalue weighted by molar-refractivity contribution is 5.80. The van der Waals surface area contributed by atoms with Gasteiger partial charge < -0.3 is 23.8 Å². The SMILES string of the molecule is CC[C@@H](C)N(Cc1nc(-c2ccc(OC)c(OC)c2)no1)C(=O)[C@@H]1CCCN(c2ccc(C)cc2)C1. The first-order chi connectivity index (χ1) is 17.4. The van der Waals surface area contributed by atoms with Gasteiger partial charge in [-0.2, -0.15) is 4.98 Å². The van der Waals surface area contributed by atoms with Crippen molar-refractivity contribution >= 4 is 11.6 Å². The first-order valence-electron chi connectivity index (χ1n) is 12.6. The second-order valence-electron chi connectivity index (χ2n) is 9.43. The number of aromatic nitrogens is 2. The Balaban J connectivity index is 1.50. The average molecular weight is 493 g/mol. The van der Waals surface area contributed by atoms with E-state index in [1.165, 1.54) is 11.3 Å². The van der Waals surface area contributed by atoms with Gasteiger partial charge in [0.25, 0.3) is 0 Å². The van der Waals surface area contributed by atoms with Gasteiger partial charge in [-0.05, 0) is 63.4 Å². The lowest BCUT2D eigenvalue weighted by Gasteiger charge is -2.37. The van der Waals surface area contributed by atoms with E-state index in [0.717, 1.165) is 37.9 Å². The Hall–Kier alpha value is -3.55.